The molecule has 0 atom stereocenters. The van der Waals surface area contributed by atoms with Crippen molar-refractivity contribution in [1.29, 1.82) is 5.26 Å². The summed E-state index contributed by atoms with van der Waals surface area (Å²) in [7, 11) is 0. The molecule has 6 nitrogen and oxygen atoms in total. The molecule has 2 heterocycles. The summed E-state index contributed by atoms with van der Waals surface area (Å²) < 4.78 is 2.14. The molecule has 1 aromatic heterocycles. The number of benzene rings is 1. The van der Waals surface area contributed by atoms with Crippen molar-refractivity contribution < 1.29 is 4.79 Å². The molecule has 1 aromatic carbocycles. The van der Waals surface area contributed by atoms with Gasteiger partial charge in [0.25, 0.3) is 11.5 Å². The Balaban J connectivity index is 1.91. The molecule has 1 aliphatic rings. The van der Waals surface area contributed by atoms with Gasteiger partial charge in [-0.05, 0) is 43.9 Å². The molecule has 0 spiro atoms. The molecule has 1 N–H and O–H groups in total. The van der Waals surface area contributed by atoms with Crippen LogP contribution in [0, 0.1) is 18.3 Å². The summed E-state index contributed by atoms with van der Waals surface area (Å²) in [6, 6.07) is 12.2. The van der Waals surface area contributed by atoms with Crippen LogP contribution in [0.3, 0.4) is 0 Å². The monoisotopic (exact) mass is 522 g/mol. The number of rotatable bonds is 12. The van der Waals surface area contributed by atoms with E-state index in [4.69, 9.17) is 12.2 Å². The zero-order valence-electron chi connectivity index (χ0n) is 21.3. The van der Waals surface area contributed by atoms with Crippen LogP contribution in [0.5, 0.6) is 0 Å². The lowest BCUT2D eigenvalue weighted by molar-refractivity contribution is -0.122. The van der Waals surface area contributed by atoms with Gasteiger partial charge in [-0.1, -0.05) is 86.9 Å². The third-order valence-corrected chi connectivity index (χ3v) is 7.75. The minimum atomic E-state index is -0.323. The van der Waals surface area contributed by atoms with E-state index in [9.17, 15) is 14.9 Å². The Bertz CT molecular complexity index is 1230. The van der Waals surface area contributed by atoms with E-state index in [0.717, 1.165) is 25.7 Å². The highest BCUT2D eigenvalue weighted by atomic mass is 32.2. The molecule has 1 amide bonds. The van der Waals surface area contributed by atoms with Crippen molar-refractivity contribution in [2.75, 3.05) is 18.4 Å². The first-order valence-electron chi connectivity index (χ1n) is 12.6. The minimum absolute atomic E-state index is 0.100. The van der Waals surface area contributed by atoms with Crippen molar-refractivity contribution in [1.82, 2.24) is 9.47 Å². The second-order valence-electron chi connectivity index (χ2n) is 8.83. The number of nitrogens with zero attached hydrogens (tertiary/aromatic N) is 3. The Morgan fingerprint density at radius 2 is 1.83 bits per heavy atom. The minimum Gasteiger partial charge on any atom is -0.371 e. The number of hydrogen-bond acceptors (Lipinski definition) is 6. The fraction of sp³-hybridized carbons (Fsp3) is 0.429. The number of thiocarbonyl (C=S) groups is 1. The fourth-order valence-electron chi connectivity index (χ4n) is 4.32. The molecule has 8 heteroatoms. The maximum Gasteiger partial charge on any atom is 0.270 e. The number of unbranched alkanes of at least 4 members (excludes halogenated alkanes) is 4. The number of nitrogens with one attached hydrogen (secondary N) is 1. The van der Waals surface area contributed by atoms with Crippen LogP contribution in [0.25, 0.3) is 6.08 Å². The maximum atomic E-state index is 13.2. The number of pyridine rings is 1. The molecule has 3 rings (SSSR count). The summed E-state index contributed by atoms with van der Waals surface area (Å²) in [6.07, 6.45) is 8.10. The third-order valence-electron chi connectivity index (χ3n) is 6.37. The molecule has 2 aromatic rings. The molecule has 0 unspecified atom stereocenters. The molecule has 1 fully saturated rings. The summed E-state index contributed by atoms with van der Waals surface area (Å²) in [6.45, 7) is 7.45. The lowest BCUT2D eigenvalue weighted by atomic mass is 10.0. The average Bonchev–Trinajstić information content (AvgIpc) is 3.14. The SMILES string of the molecule is CCCCCCCN1C(=O)/C(=C\c2c(C)c(C#N)c(=O)n(CC)c2NCCc2ccccc2)SC1=S. The van der Waals surface area contributed by atoms with Gasteiger partial charge >= 0.3 is 0 Å². The Labute approximate surface area is 223 Å². The second-order valence-corrected chi connectivity index (χ2v) is 10.5. The van der Waals surface area contributed by atoms with E-state index >= 15 is 0 Å². The predicted octanol–water partition coefficient (Wildman–Crippen LogP) is 5.87. The van der Waals surface area contributed by atoms with Crippen LogP contribution in [0.2, 0.25) is 0 Å². The Kier molecular flexibility index (Phi) is 10.3. The Hall–Kier alpha value is -2.89. The van der Waals surface area contributed by atoms with Gasteiger partial charge in [-0.25, -0.2) is 0 Å². The lowest BCUT2D eigenvalue weighted by Gasteiger charge is -2.19. The predicted molar refractivity (Wildman–Crippen MR) is 153 cm³/mol. The quantitative estimate of drug-likeness (QED) is 0.213. The molecule has 1 aliphatic heterocycles. The van der Waals surface area contributed by atoms with Gasteiger partial charge in [0.1, 0.15) is 21.8 Å². The Morgan fingerprint density at radius 1 is 1.11 bits per heavy atom. The van der Waals surface area contributed by atoms with Crippen molar-refractivity contribution in [3.63, 3.8) is 0 Å². The molecule has 0 radical (unpaired) electrons. The van der Waals surface area contributed by atoms with Crippen LogP contribution in [-0.2, 0) is 17.8 Å². The van der Waals surface area contributed by atoms with Crippen LogP contribution in [0.1, 0.15) is 68.2 Å². The van der Waals surface area contributed by atoms with Gasteiger partial charge in [0.2, 0.25) is 0 Å². The van der Waals surface area contributed by atoms with Gasteiger partial charge in [-0.15, -0.1) is 0 Å². The number of aromatic nitrogens is 1. The number of amides is 1. The van der Waals surface area contributed by atoms with E-state index in [1.54, 1.807) is 22.5 Å². The first kappa shape index (κ1) is 27.7. The van der Waals surface area contributed by atoms with E-state index < -0.39 is 0 Å². The van der Waals surface area contributed by atoms with Crippen molar-refractivity contribution in [2.24, 2.45) is 0 Å². The smallest absolute Gasteiger partial charge is 0.270 e. The molecule has 1 saturated heterocycles. The van der Waals surface area contributed by atoms with Gasteiger partial charge in [0.15, 0.2) is 0 Å². The number of anilines is 1. The van der Waals surface area contributed by atoms with E-state index in [2.05, 4.69) is 30.4 Å². The number of nitriles is 1. The maximum absolute atomic E-state index is 13.2. The number of hydrogen-bond donors (Lipinski definition) is 1. The van der Waals surface area contributed by atoms with Crippen LogP contribution in [0.4, 0.5) is 5.82 Å². The molecule has 0 saturated carbocycles. The van der Waals surface area contributed by atoms with Crippen LogP contribution in [0.15, 0.2) is 40.0 Å². The summed E-state index contributed by atoms with van der Waals surface area (Å²) in [5.74, 6) is 0.516. The van der Waals surface area contributed by atoms with E-state index in [0.29, 0.717) is 45.8 Å². The number of thioether (sulfide) groups is 1. The molecule has 36 heavy (non-hydrogen) atoms. The van der Waals surface area contributed by atoms with Gasteiger partial charge < -0.3 is 5.32 Å². The van der Waals surface area contributed by atoms with Crippen LogP contribution < -0.4 is 10.9 Å². The molecular weight excluding hydrogens is 488 g/mol. The zero-order valence-corrected chi connectivity index (χ0v) is 22.9. The molecule has 0 bridgehead atoms. The van der Waals surface area contributed by atoms with Crippen LogP contribution >= 0.6 is 24.0 Å². The van der Waals surface area contributed by atoms with Crippen molar-refractivity contribution in [2.45, 2.75) is 65.8 Å². The first-order chi connectivity index (χ1) is 17.4. The van der Waals surface area contributed by atoms with Gasteiger partial charge in [0, 0.05) is 25.2 Å². The average molecular weight is 523 g/mol. The normalized spacial score (nSPS) is 14.5. The molecule has 190 valence electrons. The standard InChI is InChI=1S/C28H34N4O2S2/c1-4-6-7-8-12-17-32-27(34)24(36-28(32)35)18-22-20(3)23(19-29)26(33)31(5-2)25(22)30-16-15-21-13-10-9-11-14-21/h9-11,13-14,18,30H,4-8,12,15-17H2,1-3H3/b24-18+. The first-order valence-corrected chi connectivity index (χ1v) is 13.9. The summed E-state index contributed by atoms with van der Waals surface area (Å²) in [4.78, 5) is 28.5. The number of carbonyl (C=O) groups is 1. The number of carbonyl (C=O) groups excluding carboxylic acids is 1. The summed E-state index contributed by atoms with van der Waals surface area (Å²) in [5.41, 5.74) is 2.21. The van der Waals surface area contributed by atoms with Crippen molar-refractivity contribution in [3.05, 3.63) is 67.8 Å². The lowest BCUT2D eigenvalue weighted by Crippen LogP contribution is -2.29. The Morgan fingerprint density at radius 3 is 2.50 bits per heavy atom. The van der Waals surface area contributed by atoms with Crippen molar-refractivity contribution in [3.8, 4) is 6.07 Å². The van der Waals surface area contributed by atoms with E-state index in [1.165, 1.54) is 30.2 Å². The molecular formula is C28H34N4O2S2. The van der Waals surface area contributed by atoms with Crippen LogP contribution in [-0.4, -0.2) is 32.8 Å². The second kappa shape index (κ2) is 13.4. The van der Waals surface area contributed by atoms with Gasteiger partial charge in [-0.3, -0.25) is 19.1 Å². The highest BCUT2D eigenvalue weighted by Crippen LogP contribution is 2.35. The van der Waals surface area contributed by atoms with E-state index in [-0.39, 0.29) is 17.0 Å². The zero-order chi connectivity index (χ0) is 26.1. The summed E-state index contributed by atoms with van der Waals surface area (Å²) in [5, 5.41) is 13.1. The largest absolute Gasteiger partial charge is 0.371 e. The fourth-order valence-corrected chi connectivity index (χ4v) is 5.61. The van der Waals surface area contributed by atoms with E-state index in [1.807, 2.05) is 25.1 Å². The third kappa shape index (κ3) is 6.45. The highest BCUT2D eigenvalue weighted by molar-refractivity contribution is 8.26. The molecule has 0 aliphatic carbocycles. The van der Waals surface area contributed by atoms with Gasteiger partial charge in [0.05, 0.1) is 4.91 Å². The van der Waals surface area contributed by atoms with Gasteiger partial charge in [-0.2, -0.15) is 5.26 Å². The topological polar surface area (TPSA) is 78.1 Å². The van der Waals surface area contributed by atoms with Crippen molar-refractivity contribution >= 4 is 46.1 Å². The summed E-state index contributed by atoms with van der Waals surface area (Å²) >= 11 is 6.81. The highest BCUT2D eigenvalue weighted by Gasteiger charge is 2.32.